The largest absolute Gasteiger partial charge is 0.361 e. The third kappa shape index (κ3) is 21.6. The smallest absolute Gasteiger partial charge is 0.0994 e. The van der Waals surface area contributed by atoms with E-state index in [1.54, 1.807) is 0 Å². The highest BCUT2D eigenvalue weighted by Gasteiger charge is 2.12. The minimum absolute atomic E-state index is 0.637. The van der Waals surface area contributed by atoms with Crippen molar-refractivity contribution in [1.29, 1.82) is 0 Å². The van der Waals surface area contributed by atoms with Gasteiger partial charge < -0.3 is 9.47 Å². The highest BCUT2D eigenvalue weighted by Crippen LogP contribution is 2.28. The first kappa shape index (κ1) is 44.4. The van der Waals surface area contributed by atoms with Crippen LogP contribution in [0.4, 0.5) is 0 Å². The molecule has 4 heteroatoms. The molecule has 0 amide bonds. The molecule has 0 aliphatic rings. The predicted octanol–water partition coefficient (Wildman–Crippen LogP) is 13.6. The zero-order chi connectivity index (χ0) is 35.7. The van der Waals surface area contributed by atoms with Crippen molar-refractivity contribution < 1.29 is 9.47 Å². The van der Waals surface area contributed by atoms with Gasteiger partial charge in [0.1, 0.15) is 0 Å². The van der Waals surface area contributed by atoms with E-state index in [0.29, 0.717) is 26.7 Å². The van der Waals surface area contributed by atoms with Crippen LogP contribution in [0.15, 0.2) is 48.5 Å². The van der Waals surface area contributed by atoms with Gasteiger partial charge in [0, 0.05) is 26.2 Å². The van der Waals surface area contributed by atoms with Crippen molar-refractivity contribution in [2.45, 2.75) is 182 Å². The summed E-state index contributed by atoms with van der Waals surface area (Å²) in [5.41, 5.74) is 5.07. The second kappa shape index (κ2) is 32.0. The standard InChI is InChI=1S/C46H80N2O2/c1-5-9-13-17-21-29-37-47(35-27-19-15-11-7-3)41-49-39-43-31-23-25-33-45(43)46-34-26-24-32-44(46)40-50-42-48(36-28-20-16-12-8-4)38-30-22-18-14-10-6-2/h23-26,31-34H,5-22,27-30,35-42H2,1-4H3. The molecular formula is C46H80N2O2. The van der Waals surface area contributed by atoms with Crippen molar-refractivity contribution in [2.75, 3.05) is 39.6 Å². The molecule has 4 nitrogen and oxygen atoms in total. The number of rotatable bonds is 35. The van der Waals surface area contributed by atoms with Crippen LogP contribution in [0.3, 0.4) is 0 Å². The molecule has 0 aliphatic heterocycles. The molecule has 2 rings (SSSR count). The fourth-order valence-electron chi connectivity index (χ4n) is 6.98. The van der Waals surface area contributed by atoms with E-state index in [1.165, 1.54) is 164 Å². The quantitative estimate of drug-likeness (QED) is 0.0530. The van der Waals surface area contributed by atoms with Gasteiger partial charge >= 0.3 is 0 Å². The molecule has 0 N–H and O–H groups in total. The van der Waals surface area contributed by atoms with Crippen LogP contribution in [0.5, 0.6) is 0 Å². The molecule has 0 bridgehead atoms. The number of hydrogen-bond donors (Lipinski definition) is 0. The van der Waals surface area contributed by atoms with Crippen LogP contribution in [-0.2, 0) is 22.7 Å². The molecule has 0 atom stereocenters. The first-order chi connectivity index (χ1) is 24.7. The zero-order valence-electron chi connectivity index (χ0n) is 33.5. The van der Waals surface area contributed by atoms with Crippen molar-refractivity contribution >= 4 is 0 Å². The molecule has 2 aromatic carbocycles. The van der Waals surface area contributed by atoms with Gasteiger partial charge in [0.25, 0.3) is 0 Å². The van der Waals surface area contributed by atoms with Crippen LogP contribution < -0.4 is 0 Å². The van der Waals surface area contributed by atoms with Crippen LogP contribution in [0, 0.1) is 0 Å². The van der Waals surface area contributed by atoms with Crippen LogP contribution >= 0.6 is 0 Å². The molecule has 0 radical (unpaired) electrons. The van der Waals surface area contributed by atoms with E-state index in [2.05, 4.69) is 86.0 Å². The minimum atomic E-state index is 0.637. The molecule has 0 aliphatic carbocycles. The summed E-state index contributed by atoms with van der Waals surface area (Å²) in [6.45, 7) is 16.5. The molecule has 0 aromatic heterocycles. The number of hydrogen-bond acceptors (Lipinski definition) is 4. The predicted molar refractivity (Wildman–Crippen MR) is 219 cm³/mol. The second-order valence-corrected chi connectivity index (χ2v) is 14.9. The molecule has 0 heterocycles. The Bertz CT molecular complexity index is 945. The Hall–Kier alpha value is -1.72. The monoisotopic (exact) mass is 693 g/mol. The van der Waals surface area contributed by atoms with Crippen molar-refractivity contribution in [2.24, 2.45) is 0 Å². The number of nitrogens with zero attached hydrogens (tertiary/aromatic N) is 2. The highest BCUT2D eigenvalue weighted by atomic mass is 16.5. The Morgan fingerprint density at radius 1 is 0.360 bits per heavy atom. The van der Waals surface area contributed by atoms with E-state index in [1.807, 2.05) is 0 Å². The molecule has 0 fully saturated rings. The Kier molecular flexibility index (Phi) is 28.4. The lowest BCUT2D eigenvalue weighted by molar-refractivity contribution is 0.0164. The Morgan fingerprint density at radius 3 is 0.960 bits per heavy atom. The lowest BCUT2D eigenvalue weighted by Gasteiger charge is -2.23. The Morgan fingerprint density at radius 2 is 0.640 bits per heavy atom. The van der Waals surface area contributed by atoms with Crippen molar-refractivity contribution in [3.63, 3.8) is 0 Å². The Labute approximate surface area is 311 Å². The molecule has 0 unspecified atom stereocenters. The molecule has 0 saturated carbocycles. The SMILES string of the molecule is CCCCCCCCN(CCCCCCC)COCc1ccccc1-c1ccccc1COCN(CCCCCCC)CCCCCCCC. The second-order valence-electron chi connectivity index (χ2n) is 14.9. The number of benzene rings is 2. The van der Waals surface area contributed by atoms with Gasteiger partial charge in [-0.05, 0) is 47.9 Å². The van der Waals surface area contributed by atoms with Crippen LogP contribution in [0.2, 0.25) is 0 Å². The van der Waals surface area contributed by atoms with Crippen molar-refractivity contribution in [1.82, 2.24) is 9.80 Å². The maximum Gasteiger partial charge on any atom is 0.0994 e. The normalized spacial score (nSPS) is 11.7. The zero-order valence-corrected chi connectivity index (χ0v) is 33.5. The summed E-state index contributed by atoms with van der Waals surface area (Å²) in [6.07, 6.45) is 29.3. The average Bonchev–Trinajstić information content (AvgIpc) is 3.14. The first-order valence-corrected chi connectivity index (χ1v) is 21.5. The summed E-state index contributed by atoms with van der Waals surface area (Å²) in [7, 11) is 0. The minimum Gasteiger partial charge on any atom is -0.361 e. The molecule has 0 saturated heterocycles. The van der Waals surface area contributed by atoms with Gasteiger partial charge in [0.2, 0.25) is 0 Å². The van der Waals surface area contributed by atoms with Crippen LogP contribution in [-0.4, -0.2) is 49.4 Å². The van der Waals surface area contributed by atoms with Crippen LogP contribution in [0.25, 0.3) is 11.1 Å². The molecule has 2 aromatic rings. The summed E-state index contributed by atoms with van der Waals surface area (Å²) >= 11 is 0. The molecule has 0 spiro atoms. The van der Waals surface area contributed by atoms with E-state index in [0.717, 1.165) is 26.2 Å². The van der Waals surface area contributed by atoms with Gasteiger partial charge in [0.15, 0.2) is 0 Å². The Balaban J connectivity index is 1.96. The van der Waals surface area contributed by atoms with E-state index in [9.17, 15) is 0 Å². The van der Waals surface area contributed by atoms with Gasteiger partial charge in [-0.2, -0.15) is 0 Å². The van der Waals surface area contributed by atoms with Gasteiger partial charge in [0.05, 0.1) is 26.7 Å². The van der Waals surface area contributed by atoms with Crippen molar-refractivity contribution in [3.8, 4) is 11.1 Å². The van der Waals surface area contributed by atoms with Gasteiger partial charge in [-0.1, -0.05) is 192 Å². The number of unbranched alkanes of at least 4 members (excludes halogenated alkanes) is 18. The van der Waals surface area contributed by atoms with Crippen molar-refractivity contribution in [3.05, 3.63) is 59.7 Å². The van der Waals surface area contributed by atoms with Crippen LogP contribution in [0.1, 0.15) is 180 Å². The van der Waals surface area contributed by atoms with Gasteiger partial charge in [-0.15, -0.1) is 0 Å². The summed E-state index contributed by atoms with van der Waals surface area (Å²) in [5, 5.41) is 0. The van der Waals surface area contributed by atoms with E-state index >= 15 is 0 Å². The first-order valence-electron chi connectivity index (χ1n) is 21.5. The maximum absolute atomic E-state index is 6.49. The lowest BCUT2D eigenvalue weighted by Crippen LogP contribution is -2.29. The van der Waals surface area contributed by atoms with E-state index in [-0.39, 0.29) is 0 Å². The lowest BCUT2D eigenvalue weighted by atomic mass is 9.96. The van der Waals surface area contributed by atoms with E-state index < -0.39 is 0 Å². The van der Waals surface area contributed by atoms with Gasteiger partial charge in [-0.3, -0.25) is 9.80 Å². The summed E-state index contributed by atoms with van der Waals surface area (Å²) in [4.78, 5) is 5.13. The molecule has 50 heavy (non-hydrogen) atoms. The number of ether oxygens (including phenoxy) is 2. The maximum atomic E-state index is 6.49. The summed E-state index contributed by atoms with van der Waals surface area (Å²) in [6, 6.07) is 17.7. The fraction of sp³-hybridized carbons (Fsp3) is 0.739. The topological polar surface area (TPSA) is 24.9 Å². The van der Waals surface area contributed by atoms with E-state index in [4.69, 9.17) is 9.47 Å². The molecular weight excluding hydrogens is 613 g/mol. The third-order valence-electron chi connectivity index (χ3n) is 10.2. The average molecular weight is 693 g/mol. The fourth-order valence-corrected chi connectivity index (χ4v) is 6.98. The van der Waals surface area contributed by atoms with Gasteiger partial charge in [-0.25, -0.2) is 0 Å². The highest BCUT2D eigenvalue weighted by molar-refractivity contribution is 5.70. The summed E-state index contributed by atoms with van der Waals surface area (Å²) < 4.78 is 13.0. The third-order valence-corrected chi connectivity index (χ3v) is 10.2. The summed E-state index contributed by atoms with van der Waals surface area (Å²) in [5.74, 6) is 0. The molecule has 286 valence electrons.